The summed E-state index contributed by atoms with van der Waals surface area (Å²) in [4.78, 5) is 6.50. The number of aromatic nitrogens is 3. The molecule has 5 nitrogen and oxygen atoms in total. The highest BCUT2D eigenvalue weighted by molar-refractivity contribution is 7.99. The van der Waals surface area contributed by atoms with Crippen molar-refractivity contribution in [1.82, 2.24) is 19.7 Å². The molecule has 0 unspecified atom stereocenters. The van der Waals surface area contributed by atoms with E-state index < -0.39 is 0 Å². The number of hydrogen-bond acceptors (Lipinski definition) is 5. The van der Waals surface area contributed by atoms with Gasteiger partial charge in [-0.25, -0.2) is 9.67 Å². The Morgan fingerprint density at radius 3 is 2.81 bits per heavy atom. The highest BCUT2D eigenvalue weighted by Gasteiger charge is 2.12. The van der Waals surface area contributed by atoms with Crippen LogP contribution in [0.2, 0.25) is 0 Å². The molecule has 0 bridgehead atoms. The SMILES string of the molecule is COc1ccc(CN2CCSCC2)cc1Cn1cncn1. The third-order valence-electron chi connectivity index (χ3n) is 3.65. The largest absolute Gasteiger partial charge is 0.496 e. The molecule has 1 saturated heterocycles. The van der Waals surface area contributed by atoms with Crippen LogP contribution in [0.15, 0.2) is 30.9 Å². The first-order valence-electron chi connectivity index (χ1n) is 7.13. The van der Waals surface area contributed by atoms with E-state index in [1.807, 2.05) is 16.4 Å². The third-order valence-corrected chi connectivity index (χ3v) is 4.60. The van der Waals surface area contributed by atoms with Gasteiger partial charge in [-0.05, 0) is 17.7 Å². The molecule has 1 fully saturated rings. The summed E-state index contributed by atoms with van der Waals surface area (Å²) in [5.74, 6) is 3.38. The van der Waals surface area contributed by atoms with Crippen LogP contribution in [0.4, 0.5) is 0 Å². The highest BCUT2D eigenvalue weighted by atomic mass is 32.2. The molecule has 3 rings (SSSR count). The van der Waals surface area contributed by atoms with Crippen LogP contribution in [0, 0.1) is 0 Å². The number of nitrogens with zero attached hydrogens (tertiary/aromatic N) is 4. The molecule has 0 radical (unpaired) electrons. The Morgan fingerprint density at radius 2 is 2.10 bits per heavy atom. The third kappa shape index (κ3) is 3.77. The molecule has 21 heavy (non-hydrogen) atoms. The van der Waals surface area contributed by atoms with E-state index in [1.54, 1.807) is 19.8 Å². The monoisotopic (exact) mass is 304 g/mol. The smallest absolute Gasteiger partial charge is 0.137 e. The topological polar surface area (TPSA) is 43.2 Å². The highest BCUT2D eigenvalue weighted by Crippen LogP contribution is 2.22. The Bertz CT molecular complexity index is 567. The molecule has 6 heteroatoms. The predicted octanol–water partition coefficient (Wildman–Crippen LogP) is 1.88. The normalized spacial score (nSPS) is 16.0. The fourth-order valence-corrected chi connectivity index (χ4v) is 3.54. The van der Waals surface area contributed by atoms with E-state index in [4.69, 9.17) is 4.74 Å². The first kappa shape index (κ1) is 14.4. The Morgan fingerprint density at radius 1 is 1.24 bits per heavy atom. The zero-order chi connectivity index (χ0) is 14.5. The van der Waals surface area contributed by atoms with E-state index in [1.165, 1.54) is 30.2 Å². The second-order valence-corrected chi connectivity index (χ2v) is 6.35. The van der Waals surface area contributed by atoms with Crippen LogP contribution in [0.25, 0.3) is 0 Å². The number of methoxy groups -OCH3 is 1. The van der Waals surface area contributed by atoms with Crippen molar-refractivity contribution in [2.24, 2.45) is 0 Å². The molecule has 1 aliphatic heterocycles. The number of hydrogen-bond donors (Lipinski definition) is 0. The van der Waals surface area contributed by atoms with E-state index in [-0.39, 0.29) is 0 Å². The standard InChI is InChI=1S/C15H20N4OS/c1-20-15-3-2-13(9-18-4-6-21-7-5-18)8-14(15)10-19-12-16-11-17-19/h2-3,8,11-12H,4-7,9-10H2,1H3. The Kier molecular flexibility index (Phi) is 4.77. The van der Waals surface area contributed by atoms with Crippen molar-refractivity contribution in [3.8, 4) is 5.75 Å². The van der Waals surface area contributed by atoms with Crippen LogP contribution in [0.1, 0.15) is 11.1 Å². The summed E-state index contributed by atoms with van der Waals surface area (Å²) >= 11 is 2.04. The van der Waals surface area contributed by atoms with Crippen molar-refractivity contribution in [2.45, 2.75) is 13.1 Å². The molecular weight excluding hydrogens is 284 g/mol. The second kappa shape index (κ2) is 6.95. The first-order valence-corrected chi connectivity index (χ1v) is 8.29. The summed E-state index contributed by atoms with van der Waals surface area (Å²) < 4.78 is 7.28. The number of ether oxygens (including phenoxy) is 1. The van der Waals surface area contributed by atoms with Crippen LogP contribution in [0.3, 0.4) is 0 Å². The van der Waals surface area contributed by atoms with Gasteiger partial charge in [0.25, 0.3) is 0 Å². The van der Waals surface area contributed by atoms with E-state index in [0.717, 1.165) is 17.9 Å². The fourth-order valence-electron chi connectivity index (χ4n) is 2.56. The Labute approximate surface area is 129 Å². The minimum atomic E-state index is 0.687. The maximum absolute atomic E-state index is 5.46. The summed E-state index contributed by atoms with van der Waals surface area (Å²) in [6.45, 7) is 4.05. The van der Waals surface area contributed by atoms with Gasteiger partial charge in [0, 0.05) is 36.7 Å². The second-order valence-electron chi connectivity index (χ2n) is 5.13. The number of rotatable bonds is 5. The van der Waals surface area contributed by atoms with Gasteiger partial charge in [-0.15, -0.1) is 0 Å². The molecule has 1 aromatic heterocycles. The summed E-state index contributed by atoms with van der Waals surface area (Å²) in [5.41, 5.74) is 2.48. The van der Waals surface area contributed by atoms with Crippen molar-refractivity contribution in [3.05, 3.63) is 42.0 Å². The van der Waals surface area contributed by atoms with Crippen molar-refractivity contribution in [3.63, 3.8) is 0 Å². The molecule has 0 atom stereocenters. The molecule has 2 aromatic rings. The van der Waals surface area contributed by atoms with E-state index in [0.29, 0.717) is 6.54 Å². The number of benzene rings is 1. The van der Waals surface area contributed by atoms with Gasteiger partial charge in [-0.2, -0.15) is 16.9 Å². The van der Waals surface area contributed by atoms with E-state index in [9.17, 15) is 0 Å². The van der Waals surface area contributed by atoms with Crippen molar-refractivity contribution < 1.29 is 4.74 Å². The minimum Gasteiger partial charge on any atom is -0.496 e. The molecule has 0 amide bonds. The minimum absolute atomic E-state index is 0.687. The van der Waals surface area contributed by atoms with Crippen LogP contribution >= 0.6 is 11.8 Å². The van der Waals surface area contributed by atoms with Gasteiger partial charge in [0.05, 0.1) is 13.7 Å². The van der Waals surface area contributed by atoms with Crippen LogP contribution < -0.4 is 4.74 Å². The van der Waals surface area contributed by atoms with Gasteiger partial charge in [0.2, 0.25) is 0 Å². The lowest BCUT2D eigenvalue weighted by Gasteiger charge is -2.26. The number of thioether (sulfide) groups is 1. The molecule has 112 valence electrons. The van der Waals surface area contributed by atoms with Gasteiger partial charge in [-0.3, -0.25) is 4.90 Å². The summed E-state index contributed by atoms with van der Waals surface area (Å²) in [6.07, 6.45) is 3.29. The van der Waals surface area contributed by atoms with Gasteiger partial charge in [0.1, 0.15) is 18.4 Å². The van der Waals surface area contributed by atoms with Crippen LogP contribution in [-0.2, 0) is 13.1 Å². The lowest BCUT2D eigenvalue weighted by atomic mass is 10.1. The maximum Gasteiger partial charge on any atom is 0.137 e. The molecule has 0 N–H and O–H groups in total. The lowest BCUT2D eigenvalue weighted by molar-refractivity contribution is 0.294. The Hall–Kier alpha value is -1.53. The molecule has 1 aromatic carbocycles. The molecule has 2 heterocycles. The first-order chi connectivity index (χ1) is 10.3. The maximum atomic E-state index is 5.46. The van der Waals surface area contributed by atoms with Crippen molar-refractivity contribution in [1.29, 1.82) is 0 Å². The zero-order valence-electron chi connectivity index (χ0n) is 12.2. The Balaban J connectivity index is 1.75. The zero-order valence-corrected chi connectivity index (χ0v) is 13.1. The molecular formula is C15H20N4OS. The molecule has 0 spiro atoms. The van der Waals surface area contributed by atoms with Crippen LogP contribution in [0.5, 0.6) is 5.75 Å². The van der Waals surface area contributed by atoms with Gasteiger partial charge >= 0.3 is 0 Å². The predicted molar refractivity (Wildman–Crippen MR) is 84.7 cm³/mol. The fraction of sp³-hybridized carbons (Fsp3) is 0.467. The van der Waals surface area contributed by atoms with E-state index >= 15 is 0 Å². The van der Waals surface area contributed by atoms with Gasteiger partial charge in [0.15, 0.2) is 0 Å². The summed E-state index contributed by atoms with van der Waals surface area (Å²) in [5, 5.41) is 4.17. The average molecular weight is 304 g/mol. The van der Waals surface area contributed by atoms with Crippen molar-refractivity contribution >= 4 is 11.8 Å². The lowest BCUT2D eigenvalue weighted by Crippen LogP contribution is -2.31. The quantitative estimate of drug-likeness (QED) is 0.844. The van der Waals surface area contributed by atoms with Gasteiger partial charge in [-0.1, -0.05) is 6.07 Å². The van der Waals surface area contributed by atoms with Gasteiger partial charge < -0.3 is 4.74 Å². The summed E-state index contributed by atoms with van der Waals surface area (Å²) in [6, 6.07) is 6.44. The van der Waals surface area contributed by atoms with Crippen LogP contribution in [-0.4, -0.2) is 51.4 Å². The summed E-state index contributed by atoms with van der Waals surface area (Å²) in [7, 11) is 1.71. The average Bonchev–Trinajstić information content (AvgIpc) is 3.02. The molecule has 0 aliphatic carbocycles. The molecule has 0 saturated carbocycles. The molecule has 1 aliphatic rings. The van der Waals surface area contributed by atoms with E-state index in [2.05, 4.69) is 33.2 Å². The van der Waals surface area contributed by atoms with Crippen molar-refractivity contribution in [2.75, 3.05) is 31.7 Å².